The van der Waals surface area contributed by atoms with Crippen molar-refractivity contribution in [2.24, 2.45) is 11.7 Å². The van der Waals surface area contributed by atoms with E-state index in [2.05, 4.69) is 0 Å². The van der Waals surface area contributed by atoms with Gasteiger partial charge in [-0.25, -0.2) is 12.7 Å². The summed E-state index contributed by atoms with van der Waals surface area (Å²) < 4.78 is 31.1. The number of rotatable bonds is 8. The summed E-state index contributed by atoms with van der Waals surface area (Å²) in [5, 5.41) is 0. The SMILES string of the molecule is COc1ccc(C(=O)N(C)CCC(N)C(C)C)cc1S(=O)(=O)N(C)C. The Morgan fingerprint density at radius 3 is 2.32 bits per heavy atom. The summed E-state index contributed by atoms with van der Waals surface area (Å²) >= 11 is 0. The summed E-state index contributed by atoms with van der Waals surface area (Å²) in [6.45, 7) is 4.57. The summed E-state index contributed by atoms with van der Waals surface area (Å²) in [6, 6.07) is 4.43. The third kappa shape index (κ3) is 5.17. The molecule has 0 spiro atoms. The van der Waals surface area contributed by atoms with Crippen LogP contribution >= 0.6 is 0 Å². The van der Waals surface area contributed by atoms with Gasteiger partial charge in [0.1, 0.15) is 10.6 Å². The number of amides is 1. The minimum absolute atomic E-state index is 0.01000. The van der Waals surface area contributed by atoms with Gasteiger partial charge in [-0.15, -0.1) is 0 Å². The van der Waals surface area contributed by atoms with Gasteiger partial charge in [0.05, 0.1) is 7.11 Å². The van der Waals surface area contributed by atoms with Crippen molar-refractivity contribution in [1.29, 1.82) is 0 Å². The standard InChI is InChI=1S/C17H29N3O4S/c1-12(2)14(18)9-10-20(5)17(21)13-7-8-15(24-6)16(11-13)25(22,23)19(3)4/h7-8,11-12,14H,9-10,18H2,1-6H3. The molecule has 0 aliphatic rings. The Balaban J connectivity index is 3.08. The van der Waals surface area contributed by atoms with E-state index in [-0.39, 0.29) is 22.6 Å². The Labute approximate surface area is 150 Å². The van der Waals surface area contributed by atoms with Gasteiger partial charge in [-0.3, -0.25) is 4.79 Å². The van der Waals surface area contributed by atoms with Crippen LogP contribution in [0.4, 0.5) is 0 Å². The van der Waals surface area contributed by atoms with Gasteiger partial charge in [0.25, 0.3) is 5.91 Å². The summed E-state index contributed by atoms with van der Waals surface area (Å²) in [6.07, 6.45) is 0.679. The molecule has 1 unspecified atom stereocenters. The number of hydrogen-bond donors (Lipinski definition) is 1. The number of hydrogen-bond acceptors (Lipinski definition) is 5. The number of ether oxygens (including phenoxy) is 1. The average Bonchev–Trinajstić information content (AvgIpc) is 2.57. The first kappa shape index (κ1) is 21.4. The Hall–Kier alpha value is -1.64. The topological polar surface area (TPSA) is 92.9 Å². The van der Waals surface area contributed by atoms with Gasteiger partial charge in [0, 0.05) is 39.3 Å². The summed E-state index contributed by atoms with van der Waals surface area (Å²) in [4.78, 5) is 14.1. The van der Waals surface area contributed by atoms with Crippen molar-refractivity contribution in [3.8, 4) is 5.75 Å². The first-order chi connectivity index (χ1) is 11.5. The number of carbonyl (C=O) groups is 1. The third-order valence-corrected chi connectivity index (χ3v) is 6.01. The quantitative estimate of drug-likeness (QED) is 0.745. The normalized spacial score (nSPS) is 13.2. The van der Waals surface area contributed by atoms with Crippen LogP contribution in [0.2, 0.25) is 0 Å². The fourth-order valence-electron chi connectivity index (χ4n) is 2.21. The van der Waals surface area contributed by atoms with Gasteiger partial charge in [0.2, 0.25) is 10.0 Å². The minimum Gasteiger partial charge on any atom is -0.495 e. The van der Waals surface area contributed by atoms with Crippen molar-refractivity contribution in [3.05, 3.63) is 23.8 Å². The number of benzene rings is 1. The number of methoxy groups -OCH3 is 1. The van der Waals surface area contributed by atoms with Crippen LogP contribution in [0.1, 0.15) is 30.6 Å². The number of nitrogens with two attached hydrogens (primary N) is 1. The van der Waals surface area contributed by atoms with Crippen LogP contribution < -0.4 is 10.5 Å². The predicted octanol–water partition coefficient (Wildman–Crippen LogP) is 1.39. The average molecular weight is 372 g/mol. The van der Waals surface area contributed by atoms with E-state index in [1.807, 2.05) is 13.8 Å². The van der Waals surface area contributed by atoms with Crippen LogP contribution in [0.25, 0.3) is 0 Å². The number of carbonyl (C=O) groups excluding carboxylic acids is 1. The van der Waals surface area contributed by atoms with E-state index < -0.39 is 10.0 Å². The van der Waals surface area contributed by atoms with Crippen molar-refractivity contribution in [2.45, 2.75) is 31.2 Å². The Bertz CT molecular complexity index is 702. The molecular formula is C17H29N3O4S. The van der Waals surface area contributed by atoms with Crippen molar-refractivity contribution >= 4 is 15.9 Å². The second-order valence-corrected chi connectivity index (χ2v) is 8.70. The predicted molar refractivity (Wildman–Crippen MR) is 98.3 cm³/mol. The number of sulfonamides is 1. The largest absolute Gasteiger partial charge is 0.495 e. The lowest BCUT2D eigenvalue weighted by Crippen LogP contribution is -2.34. The van der Waals surface area contributed by atoms with Gasteiger partial charge < -0.3 is 15.4 Å². The number of nitrogens with zero attached hydrogens (tertiary/aromatic N) is 2. The van der Waals surface area contributed by atoms with Crippen LogP contribution in [0.5, 0.6) is 5.75 Å². The van der Waals surface area contributed by atoms with E-state index in [0.29, 0.717) is 24.4 Å². The molecule has 0 saturated carbocycles. The zero-order chi connectivity index (χ0) is 19.4. The molecule has 142 valence electrons. The van der Waals surface area contributed by atoms with E-state index >= 15 is 0 Å². The van der Waals surface area contributed by atoms with Crippen LogP contribution in [0, 0.1) is 5.92 Å². The van der Waals surface area contributed by atoms with Gasteiger partial charge in [-0.2, -0.15) is 0 Å². The summed E-state index contributed by atoms with van der Waals surface area (Å²) in [5.41, 5.74) is 6.31. The molecule has 8 heteroatoms. The fraction of sp³-hybridized carbons (Fsp3) is 0.588. The molecular weight excluding hydrogens is 342 g/mol. The molecule has 0 heterocycles. The van der Waals surface area contributed by atoms with E-state index in [9.17, 15) is 13.2 Å². The molecule has 1 rings (SSSR count). The van der Waals surface area contributed by atoms with Gasteiger partial charge >= 0.3 is 0 Å². The summed E-state index contributed by atoms with van der Waals surface area (Å²) in [5.74, 6) is 0.282. The molecule has 25 heavy (non-hydrogen) atoms. The lowest BCUT2D eigenvalue weighted by atomic mass is 10.0. The van der Waals surface area contributed by atoms with Gasteiger partial charge in [-0.05, 0) is 30.5 Å². The monoisotopic (exact) mass is 371 g/mol. The zero-order valence-electron chi connectivity index (χ0n) is 15.8. The Morgan fingerprint density at radius 2 is 1.84 bits per heavy atom. The van der Waals surface area contributed by atoms with E-state index in [4.69, 9.17) is 10.5 Å². The molecule has 0 aliphatic heterocycles. The first-order valence-corrected chi connectivity index (χ1v) is 9.58. The molecule has 0 saturated heterocycles. The smallest absolute Gasteiger partial charge is 0.253 e. The highest BCUT2D eigenvalue weighted by molar-refractivity contribution is 7.89. The van der Waals surface area contributed by atoms with E-state index in [1.165, 1.54) is 33.3 Å². The molecule has 0 fully saturated rings. The molecule has 7 nitrogen and oxygen atoms in total. The second kappa shape index (κ2) is 8.64. The molecule has 0 bridgehead atoms. The third-order valence-electron chi connectivity index (χ3n) is 4.17. The highest BCUT2D eigenvalue weighted by atomic mass is 32.2. The lowest BCUT2D eigenvalue weighted by molar-refractivity contribution is 0.0789. The van der Waals surface area contributed by atoms with Crippen LogP contribution in [0.15, 0.2) is 23.1 Å². The van der Waals surface area contributed by atoms with Crippen LogP contribution in [-0.4, -0.2) is 64.4 Å². The van der Waals surface area contributed by atoms with Crippen LogP contribution in [0.3, 0.4) is 0 Å². The highest BCUT2D eigenvalue weighted by Gasteiger charge is 2.24. The van der Waals surface area contributed by atoms with Gasteiger partial charge in [0.15, 0.2) is 0 Å². The molecule has 1 atom stereocenters. The van der Waals surface area contributed by atoms with E-state index in [0.717, 1.165) is 4.31 Å². The van der Waals surface area contributed by atoms with Crippen molar-refractivity contribution < 1.29 is 17.9 Å². The molecule has 0 aliphatic carbocycles. The Kier molecular flexibility index (Phi) is 7.40. The molecule has 0 aromatic heterocycles. The maximum absolute atomic E-state index is 12.6. The highest BCUT2D eigenvalue weighted by Crippen LogP contribution is 2.27. The molecule has 1 aromatic rings. The maximum atomic E-state index is 12.6. The molecule has 1 amide bonds. The molecule has 1 aromatic carbocycles. The van der Waals surface area contributed by atoms with Crippen LogP contribution in [-0.2, 0) is 10.0 Å². The summed E-state index contributed by atoms with van der Waals surface area (Å²) in [7, 11) is 2.22. The lowest BCUT2D eigenvalue weighted by Gasteiger charge is -2.22. The first-order valence-electron chi connectivity index (χ1n) is 8.14. The van der Waals surface area contributed by atoms with Crippen molar-refractivity contribution in [2.75, 3.05) is 34.8 Å². The maximum Gasteiger partial charge on any atom is 0.253 e. The van der Waals surface area contributed by atoms with Crippen molar-refractivity contribution in [3.63, 3.8) is 0 Å². The van der Waals surface area contributed by atoms with E-state index in [1.54, 1.807) is 18.0 Å². The molecule has 0 radical (unpaired) electrons. The minimum atomic E-state index is -3.72. The second-order valence-electron chi connectivity index (χ2n) is 6.58. The Morgan fingerprint density at radius 1 is 1.24 bits per heavy atom. The van der Waals surface area contributed by atoms with Gasteiger partial charge in [-0.1, -0.05) is 13.8 Å². The zero-order valence-corrected chi connectivity index (χ0v) is 16.6. The molecule has 2 N–H and O–H groups in total. The van der Waals surface area contributed by atoms with Crippen molar-refractivity contribution in [1.82, 2.24) is 9.21 Å². The fourth-order valence-corrected chi connectivity index (χ4v) is 3.28.